The zero-order valence-electron chi connectivity index (χ0n) is 19.6. The van der Waals surface area contributed by atoms with Crippen molar-refractivity contribution >= 4 is 39.5 Å². The van der Waals surface area contributed by atoms with Crippen LogP contribution in [0.3, 0.4) is 0 Å². The van der Waals surface area contributed by atoms with Crippen molar-refractivity contribution in [2.75, 3.05) is 23.3 Å². The summed E-state index contributed by atoms with van der Waals surface area (Å²) in [4.78, 5) is 57.7. The summed E-state index contributed by atoms with van der Waals surface area (Å²) in [5.74, 6) is 0.361. The number of piperidine rings is 1. The fourth-order valence-electron chi connectivity index (χ4n) is 4.17. The second-order valence-electron chi connectivity index (χ2n) is 8.55. The highest BCUT2D eigenvalue weighted by molar-refractivity contribution is 7.14. The van der Waals surface area contributed by atoms with E-state index >= 15 is 0 Å². The second kappa shape index (κ2) is 9.06. The Bertz CT molecular complexity index is 1510. The van der Waals surface area contributed by atoms with Crippen LogP contribution in [-0.4, -0.2) is 52.6 Å². The Morgan fingerprint density at radius 1 is 1.06 bits per heavy atom. The molecule has 12 nitrogen and oxygen atoms in total. The van der Waals surface area contributed by atoms with Gasteiger partial charge in [-0.3, -0.25) is 18.7 Å². The molecule has 5 heterocycles. The average molecular weight is 496 g/mol. The van der Waals surface area contributed by atoms with Gasteiger partial charge < -0.3 is 14.8 Å². The monoisotopic (exact) mass is 495 g/mol. The molecule has 0 saturated carbocycles. The number of rotatable bonds is 5. The molecule has 0 aromatic carbocycles. The molecule has 1 amide bonds. The molecular formula is C22H25N9O3S. The number of anilines is 2. The molecular weight excluding hydrogens is 470 g/mol. The number of aryl methyl sites for hydroxylation is 1. The van der Waals surface area contributed by atoms with Crippen molar-refractivity contribution in [3.63, 3.8) is 0 Å². The van der Waals surface area contributed by atoms with E-state index in [4.69, 9.17) is 0 Å². The van der Waals surface area contributed by atoms with Crippen molar-refractivity contribution in [2.24, 2.45) is 14.1 Å². The lowest BCUT2D eigenvalue weighted by molar-refractivity contribution is -0.118. The van der Waals surface area contributed by atoms with Gasteiger partial charge in [0.1, 0.15) is 6.04 Å². The third-order valence-corrected chi connectivity index (χ3v) is 7.03. The number of aromatic nitrogens is 7. The predicted octanol–water partition coefficient (Wildman–Crippen LogP) is 1.54. The maximum absolute atomic E-state index is 13.0. The number of carbonyl (C=O) groups is 1. The van der Waals surface area contributed by atoms with Crippen molar-refractivity contribution in [1.82, 2.24) is 33.6 Å². The Morgan fingerprint density at radius 3 is 2.49 bits per heavy atom. The fourth-order valence-corrected chi connectivity index (χ4v) is 4.89. The highest BCUT2D eigenvalue weighted by atomic mass is 32.1. The summed E-state index contributed by atoms with van der Waals surface area (Å²) < 4.78 is 3.74. The van der Waals surface area contributed by atoms with Crippen LogP contribution in [0.1, 0.15) is 32.2 Å². The molecule has 1 unspecified atom stereocenters. The van der Waals surface area contributed by atoms with Gasteiger partial charge in [-0.1, -0.05) is 0 Å². The Morgan fingerprint density at radius 2 is 1.77 bits per heavy atom. The minimum Gasteiger partial charge on any atom is -0.341 e. The highest BCUT2D eigenvalue weighted by Crippen LogP contribution is 2.26. The predicted molar refractivity (Wildman–Crippen MR) is 133 cm³/mol. The maximum atomic E-state index is 13.0. The largest absolute Gasteiger partial charge is 0.341 e. The van der Waals surface area contributed by atoms with Crippen LogP contribution in [0.4, 0.5) is 11.1 Å². The van der Waals surface area contributed by atoms with Gasteiger partial charge in [0.15, 0.2) is 16.3 Å². The number of nitrogens with zero attached hydrogens (tertiary/aromatic N) is 8. The molecule has 13 heteroatoms. The molecule has 4 aromatic heterocycles. The Balaban J connectivity index is 1.33. The lowest BCUT2D eigenvalue weighted by atomic mass is 10.1. The smallest absolute Gasteiger partial charge is 0.332 e. The molecule has 0 spiro atoms. The fraction of sp³-hybridized carbons (Fsp3) is 0.409. The second-order valence-corrected chi connectivity index (χ2v) is 9.41. The molecule has 1 aliphatic heterocycles. The molecule has 4 aromatic rings. The minimum atomic E-state index is -0.760. The third-order valence-electron chi connectivity index (χ3n) is 6.28. The van der Waals surface area contributed by atoms with Crippen LogP contribution >= 0.6 is 11.3 Å². The highest BCUT2D eigenvalue weighted by Gasteiger charge is 2.23. The van der Waals surface area contributed by atoms with Gasteiger partial charge in [-0.25, -0.2) is 24.7 Å². The van der Waals surface area contributed by atoms with Crippen molar-refractivity contribution in [2.45, 2.75) is 32.2 Å². The SMILES string of the molecule is CC(C(=O)Nc1nc(-c2cnc(N3CCCCC3)nc2)cs1)n1cnc2c1c(=O)n(C)c(=O)n2C. The zero-order chi connectivity index (χ0) is 24.7. The standard InChI is InChI=1S/C22H25N9O3S/c1-13(31-12-25-17-16(31)19(33)29(3)22(34)28(17)2)18(32)27-21-26-15(11-35-21)14-9-23-20(24-10-14)30-7-5-4-6-8-30/h9-13H,4-8H2,1-3H3,(H,26,27,32). The van der Waals surface area contributed by atoms with Gasteiger partial charge in [-0.2, -0.15) is 0 Å². The number of thiazole rings is 1. The van der Waals surface area contributed by atoms with Gasteiger partial charge in [0, 0.05) is 50.5 Å². The minimum absolute atomic E-state index is 0.183. The number of carbonyl (C=O) groups excluding carboxylic acids is 1. The van der Waals surface area contributed by atoms with Gasteiger partial charge >= 0.3 is 5.69 Å². The van der Waals surface area contributed by atoms with Crippen molar-refractivity contribution < 1.29 is 4.79 Å². The Labute approximate surface area is 203 Å². The van der Waals surface area contributed by atoms with Crippen molar-refractivity contribution in [3.05, 3.63) is 44.9 Å². The molecule has 1 saturated heterocycles. The maximum Gasteiger partial charge on any atom is 0.332 e. The van der Waals surface area contributed by atoms with Gasteiger partial charge in [0.25, 0.3) is 5.56 Å². The molecule has 0 bridgehead atoms. The zero-order valence-corrected chi connectivity index (χ0v) is 20.4. The third kappa shape index (κ3) is 4.11. The molecule has 0 aliphatic carbocycles. The van der Waals surface area contributed by atoms with Crippen LogP contribution in [0.25, 0.3) is 22.4 Å². The summed E-state index contributed by atoms with van der Waals surface area (Å²) in [6, 6.07) is -0.760. The van der Waals surface area contributed by atoms with Gasteiger partial charge in [-0.05, 0) is 26.2 Å². The van der Waals surface area contributed by atoms with Crippen LogP contribution in [0, 0.1) is 0 Å². The van der Waals surface area contributed by atoms with Crippen LogP contribution < -0.4 is 21.5 Å². The van der Waals surface area contributed by atoms with Gasteiger partial charge in [-0.15, -0.1) is 11.3 Å². The molecule has 1 fully saturated rings. The van der Waals surface area contributed by atoms with E-state index in [1.165, 1.54) is 47.3 Å². The normalized spacial score (nSPS) is 14.9. The summed E-state index contributed by atoms with van der Waals surface area (Å²) in [7, 11) is 2.93. The molecule has 5 rings (SSSR count). The molecule has 182 valence electrons. The molecule has 1 atom stereocenters. The summed E-state index contributed by atoms with van der Waals surface area (Å²) >= 11 is 1.29. The van der Waals surface area contributed by atoms with Crippen LogP contribution in [0.2, 0.25) is 0 Å². The number of fused-ring (bicyclic) bond motifs is 1. The van der Waals surface area contributed by atoms with E-state index in [0.29, 0.717) is 10.8 Å². The topological polar surface area (TPSA) is 133 Å². The van der Waals surface area contributed by atoms with E-state index in [0.717, 1.165) is 42.0 Å². The van der Waals surface area contributed by atoms with E-state index in [2.05, 4.69) is 30.2 Å². The summed E-state index contributed by atoms with van der Waals surface area (Å²) in [5.41, 5.74) is 0.851. The molecule has 0 radical (unpaired) electrons. The number of imidazole rings is 1. The molecule has 1 N–H and O–H groups in total. The first-order valence-electron chi connectivity index (χ1n) is 11.3. The summed E-state index contributed by atoms with van der Waals surface area (Å²) in [5, 5.41) is 5.05. The summed E-state index contributed by atoms with van der Waals surface area (Å²) in [6.07, 6.45) is 8.44. The van der Waals surface area contributed by atoms with E-state index in [-0.39, 0.29) is 17.1 Å². The van der Waals surface area contributed by atoms with Gasteiger partial charge in [0.2, 0.25) is 11.9 Å². The lowest BCUT2D eigenvalue weighted by Gasteiger charge is -2.26. The quantitative estimate of drug-likeness (QED) is 0.441. The van der Waals surface area contributed by atoms with E-state index < -0.39 is 17.3 Å². The number of amides is 1. The van der Waals surface area contributed by atoms with E-state index in [9.17, 15) is 14.4 Å². The van der Waals surface area contributed by atoms with Crippen LogP contribution in [0.5, 0.6) is 0 Å². The van der Waals surface area contributed by atoms with Crippen molar-refractivity contribution in [1.29, 1.82) is 0 Å². The summed E-state index contributed by atoms with van der Waals surface area (Å²) in [6.45, 7) is 3.60. The Hall–Kier alpha value is -3.87. The molecule has 1 aliphatic rings. The lowest BCUT2D eigenvalue weighted by Crippen LogP contribution is -2.38. The first kappa shape index (κ1) is 22.9. The van der Waals surface area contributed by atoms with Crippen molar-refractivity contribution in [3.8, 4) is 11.3 Å². The van der Waals surface area contributed by atoms with Gasteiger partial charge in [0.05, 0.1) is 12.0 Å². The Kier molecular flexibility index (Phi) is 5.93. The number of nitrogens with one attached hydrogen (secondary N) is 1. The van der Waals surface area contributed by atoms with Crippen LogP contribution in [-0.2, 0) is 18.9 Å². The first-order chi connectivity index (χ1) is 16.8. The average Bonchev–Trinajstić information content (AvgIpc) is 3.54. The van der Waals surface area contributed by atoms with Crippen LogP contribution in [0.15, 0.2) is 33.7 Å². The number of hydrogen-bond acceptors (Lipinski definition) is 9. The van der Waals surface area contributed by atoms with E-state index in [1.807, 2.05) is 5.38 Å². The van der Waals surface area contributed by atoms with E-state index in [1.54, 1.807) is 19.3 Å². The molecule has 35 heavy (non-hydrogen) atoms. The number of hydrogen-bond donors (Lipinski definition) is 1. The first-order valence-corrected chi connectivity index (χ1v) is 12.2.